The van der Waals surface area contributed by atoms with E-state index in [0.717, 1.165) is 6.42 Å². The lowest BCUT2D eigenvalue weighted by molar-refractivity contribution is -0.0741. The Bertz CT molecular complexity index is 354. The van der Waals surface area contributed by atoms with Crippen molar-refractivity contribution in [2.75, 3.05) is 33.2 Å². The molecule has 1 unspecified atom stereocenters. The minimum absolute atomic E-state index is 0.299. The molecule has 1 heterocycles. The number of hydrogen-bond donors (Lipinski definition) is 0. The summed E-state index contributed by atoms with van der Waals surface area (Å²) in [5, 5.41) is -0.662. The molecule has 18 heavy (non-hydrogen) atoms. The van der Waals surface area contributed by atoms with Crippen molar-refractivity contribution in [3.05, 3.63) is 0 Å². The maximum Gasteiger partial charge on any atom is 0.369 e. The van der Waals surface area contributed by atoms with Crippen molar-refractivity contribution in [1.82, 2.24) is 0 Å². The van der Waals surface area contributed by atoms with E-state index in [9.17, 15) is 9.13 Å². The SMILES string of the molecule is CCC1(COC(C)(C)[P+](C)=O)COP(C)(=O)OC1. The van der Waals surface area contributed by atoms with E-state index in [1.165, 1.54) is 6.66 Å². The first kappa shape index (κ1) is 16.3. The summed E-state index contributed by atoms with van der Waals surface area (Å²) in [6.07, 6.45) is 0.795. The third kappa shape index (κ3) is 4.11. The second-order valence-electron chi connectivity index (χ2n) is 5.40. The van der Waals surface area contributed by atoms with Crippen LogP contribution in [0.1, 0.15) is 27.2 Å². The van der Waals surface area contributed by atoms with Crippen LogP contribution in [-0.2, 0) is 22.9 Å². The van der Waals surface area contributed by atoms with Gasteiger partial charge in [0.1, 0.15) is 6.66 Å². The predicted molar refractivity (Wildman–Crippen MR) is 71.7 cm³/mol. The van der Waals surface area contributed by atoms with Crippen molar-refractivity contribution in [2.24, 2.45) is 5.41 Å². The molecular weight excluding hydrogens is 274 g/mol. The minimum Gasteiger partial charge on any atom is -0.332 e. The van der Waals surface area contributed by atoms with E-state index in [0.29, 0.717) is 19.8 Å². The summed E-state index contributed by atoms with van der Waals surface area (Å²) in [7, 11) is -4.30. The van der Waals surface area contributed by atoms with Crippen LogP contribution < -0.4 is 0 Å². The normalized spacial score (nSPS) is 34.4. The predicted octanol–water partition coefficient (Wildman–Crippen LogP) is 3.46. The molecule has 7 heteroatoms. The molecule has 0 aromatic rings. The Morgan fingerprint density at radius 1 is 1.39 bits per heavy atom. The average Bonchev–Trinajstić information content (AvgIpc) is 2.28. The van der Waals surface area contributed by atoms with E-state index in [1.54, 1.807) is 6.66 Å². The Morgan fingerprint density at radius 2 is 1.89 bits per heavy atom. The van der Waals surface area contributed by atoms with Gasteiger partial charge in [-0.05, 0) is 6.42 Å². The zero-order valence-corrected chi connectivity index (χ0v) is 13.6. The molecule has 0 aliphatic carbocycles. The van der Waals surface area contributed by atoms with E-state index < -0.39 is 20.7 Å². The number of hydrogen-bond acceptors (Lipinski definition) is 5. The zero-order chi connectivity index (χ0) is 14.0. The van der Waals surface area contributed by atoms with Crippen LogP contribution in [0.25, 0.3) is 0 Å². The fourth-order valence-electron chi connectivity index (χ4n) is 1.40. The molecular formula is C11H23O5P2+. The molecule has 1 aliphatic heterocycles. The Hall–Kier alpha value is 0.210. The lowest BCUT2D eigenvalue weighted by atomic mass is 9.88. The summed E-state index contributed by atoms with van der Waals surface area (Å²) in [5.74, 6) is 0. The topological polar surface area (TPSA) is 61.8 Å². The molecule has 0 aromatic heterocycles. The van der Waals surface area contributed by atoms with Crippen LogP contribution >= 0.6 is 15.4 Å². The molecule has 1 atom stereocenters. The zero-order valence-electron chi connectivity index (χ0n) is 11.8. The van der Waals surface area contributed by atoms with Gasteiger partial charge in [0.05, 0.1) is 19.8 Å². The fraction of sp³-hybridized carbons (Fsp3) is 1.00. The molecule has 106 valence electrons. The van der Waals surface area contributed by atoms with Crippen molar-refractivity contribution >= 4 is 15.4 Å². The minimum atomic E-state index is -2.88. The second kappa shape index (κ2) is 5.68. The first-order valence-corrected chi connectivity index (χ1v) is 9.74. The summed E-state index contributed by atoms with van der Waals surface area (Å²) in [6, 6.07) is 0. The van der Waals surface area contributed by atoms with Crippen LogP contribution in [0.15, 0.2) is 0 Å². The van der Waals surface area contributed by atoms with Gasteiger partial charge in [0.2, 0.25) is 0 Å². The van der Waals surface area contributed by atoms with Crippen molar-refractivity contribution in [3.8, 4) is 0 Å². The molecule has 0 radical (unpaired) electrons. The third-order valence-corrected chi connectivity index (χ3v) is 6.29. The van der Waals surface area contributed by atoms with E-state index in [-0.39, 0.29) is 5.41 Å². The van der Waals surface area contributed by atoms with Crippen molar-refractivity contribution in [1.29, 1.82) is 0 Å². The molecule has 0 N–H and O–H groups in total. The van der Waals surface area contributed by atoms with Crippen LogP contribution in [0.3, 0.4) is 0 Å². The van der Waals surface area contributed by atoms with Crippen molar-refractivity contribution in [2.45, 2.75) is 32.5 Å². The van der Waals surface area contributed by atoms with E-state index in [2.05, 4.69) is 0 Å². The molecule has 0 saturated carbocycles. The van der Waals surface area contributed by atoms with Crippen LogP contribution in [0.4, 0.5) is 0 Å². The molecule has 1 fully saturated rings. The van der Waals surface area contributed by atoms with Gasteiger partial charge in [0.25, 0.3) is 5.34 Å². The van der Waals surface area contributed by atoms with E-state index in [1.807, 2.05) is 20.8 Å². The summed E-state index contributed by atoms with van der Waals surface area (Å²) in [5.41, 5.74) is -0.299. The molecule has 0 bridgehead atoms. The summed E-state index contributed by atoms with van der Waals surface area (Å²) in [4.78, 5) is 0. The highest BCUT2D eigenvalue weighted by molar-refractivity contribution is 7.53. The first-order valence-electron chi connectivity index (χ1n) is 6.04. The average molecular weight is 297 g/mol. The standard InChI is InChI=1S/C11H23O5P2/c1-6-11(7-14-10(2,3)17(4)12)8-15-18(5,13)16-9-11/h6-9H2,1-5H3/q+1. The maximum atomic E-state index is 11.6. The third-order valence-electron chi connectivity index (χ3n) is 3.45. The summed E-state index contributed by atoms with van der Waals surface area (Å²) in [6.45, 7) is 9.87. The van der Waals surface area contributed by atoms with Gasteiger partial charge in [0, 0.05) is 25.9 Å². The van der Waals surface area contributed by atoms with Crippen LogP contribution in [0.2, 0.25) is 0 Å². The Morgan fingerprint density at radius 3 is 2.28 bits per heavy atom. The van der Waals surface area contributed by atoms with Crippen molar-refractivity contribution < 1.29 is 22.9 Å². The van der Waals surface area contributed by atoms with Crippen LogP contribution in [0, 0.1) is 5.41 Å². The number of ether oxygens (including phenoxy) is 1. The smallest absolute Gasteiger partial charge is 0.332 e. The Labute approximate surface area is 110 Å². The largest absolute Gasteiger partial charge is 0.369 e. The van der Waals surface area contributed by atoms with Crippen LogP contribution in [-0.4, -0.2) is 38.5 Å². The molecule has 1 aliphatic rings. The lowest BCUT2D eigenvalue weighted by Gasteiger charge is -2.38. The molecule has 0 amide bonds. The van der Waals surface area contributed by atoms with Gasteiger partial charge in [0.15, 0.2) is 0 Å². The monoisotopic (exact) mass is 297 g/mol. The fourth-order valence-corrected chi connectivity index (χ4v) is 2.74. The van der Waals surface area contributed by atoms with Gasteiger partial charge in [-0.2, -0.15) is 0 Å². The van der Waals surface area contributed by atoms with Gasteiger partial charge < -0.3 is 13.8 Å². The highest BCUT2D eigenvalue weighted by atomic mass is 31.2. The first-order chi connectivity index (χ1) is 8.13. The molecule has 5 nitrogen and oxygen atoms in total. The molecule has 1 rings (SSSR count). The van der Waals surface area contributed by atoms with E-state index >= 15 is 0 Å². The molecule has 0 spiro atoms. The highest BCUT2D eigenvalue weighted by Gasteiger charge is 2.43. The van der Waals surface area contributed by atoms with Gasteiger partial charge >= 0.3 is 15.4 Å². The second-order valence-corrected chi connectivity index (χ2v) is 9.54. The van der Waals surface area contributed by atoms with Crippen molar-refractivity contribution in [3.63, 3.8) is 0 Å². The van der Waals surface area contributed by atoms with E-state index in [4.69, 9.17) is 13.8 Å². The molecule has 0 aromatic carbocycles. The Balaban J connectivity index is 2.63. The number of rotatable bonds is 5. The lowest BCUT2D eigenvalue weighted by Crippen LogP contribution is -2.41. The summed E-state index contributed by atoms with van der Waals surface area (Å²) < 4.78 is 39.5. The van der Waals surface area contributed by atoms with Crippen LogP contribution in [0.5, 0.6) is 0 Å². The summed E-state index contributed by atoms with van der Waals surface area (Å²) >= 11 is 0. The van der Waals surface area contributed by atoms with Gasteiger partial charge in [-0.25, -0.2) is 0 Å². The maximum absolute atomic E-state index is 11.6. The molecule has 1 saturated heterocycles. The van der Waals surface area contributed by atoms with Gasteiger partial charge in [-0.3, -0.25) is 4.57 Å². The van der Waals surface area contributed by atoms with Gasteiger partial charge in [-0.15, -0.1) is 0 Å². The quantitative estimate of drug-likeness (QED) is 0.727. The van der Waals surface area contributed by atoms with Gasteiger partial charge in [-0.1, -0.05) is 11.5 Å². The highest BCUT2D eigenvalue weighted by Crippen LogP contribution is 2.51. The Kier molecular flexibility index (Phi) is 5.13.